The molecule has 1 saturated heterocycles. The van der Waals surface area contributed by atoms with E-state index in [1.54, 1.807) is 25.3 Å². The smallest absolute Gasteiger partial charge is 0.343 e. The third kappa shape index (κ3) is 5.35. The molecule has 8 nitrogen and oxygen atoms in total. The predicted octanol–water partition coefficient (Wildman–Crippen LogP) is 4.21. The second-order valence-electron chi connectivity index (χ2n) is 9.11. The van der Waals surface area contributed by atoms with Crippen molar-refractivity contribution >= 4 is 17.8 Å². The highest BCUT2D eigenvalue weighted by molar-refractivity contribution is 5.97. The van der Waals surface area contributed by atoms with Crippen molar-refractivity contribution in [1.82, 2.24) is 0 Å². The molecule has 1 saturated carbocycles. The van der Waals surface area contributed by atoms with Crippen LogP contribution in [0.5, 0.6) is 11.5 Å². The average molecular weight is 473 g/mol. The van der Waals surface area contributed by atoms with Crippen molar-refractivity contribution in [2.24, 2.45) is 0 Å². The van der Waals surface area contributed by atoms with Crippen molar-refractivity contribution in [3.8, 4) is 11.5 Å². The number of fused-ring (bicyclic) bond motifs is 3. The quantitative estimate of drug-likeness (QED) is 0.366. The SMILES string of the molecule is COCOc1cc(OC)cc2c1C(=O)O[C@@H]1CCCC1=CCC(=O)[C@H]1OC(C)(C)O[C@H]1CC=C2. The second-order valence-corrected chi connectivity index (χ2v) is 9.11. The number of ether oxygens (including phenoxy) is 6. The van der Waals surface area contributed by atoms with E-state index < -0.39 is 24.0 Å². The lowest BCUT2D eigenvalue weighted by atomic mass is 10.00. The van der Waals surface area contributed by atoms with E-state index in [1.165, 1.54) is 7.11 Å². The molecular weight excluding hydrogens is 440 g/mol. The summed E-state index contributed by atoms with van der Waals surface area (Å²) in [5.41, 5.74) is 1.84. The molecule has 8 heteroatoms. The maximum Gasteiger partial charge on any atom is 0.343 e. The van der Waals surface area contributed by atoms with Crippen molar-refractivity contribution in [3.05, 3.63) is 41.0 Å². The fourth-order valence-electron chi connectivity index (χ4n) is 4.67. The van der Waals surface area contributed by atoms with Gasteiger partial charge in [-0.1, -0.05) is 18.2 Å². The van der Waals surface area contributed by atoms with Crippen LogP contribution in [-0.2, 0) is 23.7 Å². The number of benzene rings is 1. The van der Waals surface area contributed by atoms with Crippen molar-refractivity contribution in [3.63, 3.8) is 0 Å². The summed E-state index contributed by atoms with van der Waals surface area (Å²) in [6.45, 7) is 3.59. The molecule has 0 amide bonds. The van der Waals surface area contributed by atoms with Gasteiger partial charge in [0.15, 0.2) is 18.4 Å². The molecule has 3 aliphatic rings. The Morgan fingerprint density at radius 2 is 1.97 bits per heavy atom. The van der Waals surface area contributed by atoms with Gasteiger partial charge in [0.2, 0.25) is 0 Å². The van der Waals surface area contributed by atoms with Crippen LogP contribution >= 0.6 is 0 Å². The van der Waals surface area contributed by atoms with Gasteiger partial charge in [-0.3, -0.25) is 4.79 Å². The molecule has 0 bridgehead atoms. The van der Waals surface area contributed by atoms with Crippen LogP contribution in [0.1, 0.15) is 61.9 Å². The summed E-state index contributed by atoms with van der Waals surface area (Å²) in [7, 11) is 3.06. The molecule has 4 rings (SSSR count). The van der Waals surface area contributed by atoms with E-state index >= 15 is 0 Å². The lowest BCUT2D eigenvalue weighted by Crippen LogP contribution is -2.31. The lowest BCUT2D eigenvalue weighted by molar-refractivity contribution is -0.154. The summed E-state index contributed by atoms with van der Waals surface area (Å²) in [5, 5.41) is 0. The molecular formula is C26H32O8. The topological polar surface area (TPSA) is 89.5 Å². The Morgan fingerprint density at radius 3 is 2.74 bits per heavy atom. The molecule has 184 valence electrons. The number of allylic oxidation sites excluding steroid dienone is 1. The molecule has 1 aromatic rings. The van der Waals surface area contributed by atoms with E-state index in [4.69, 9.17) is 28.4 Å². The van der Waals surface area contributed by atoms with E-state index in [9.17, 15) is 9.59 Å². The number of ketones is 1. The first-order valence-corrected chi connectivity index (χ1v) is 11.6. The Labute approximate surface area is 199 Å². The number of carbonyl (C=O) groups excluding carboxylic acids is 2. The van der Waals surface area contributed by atoms with Crippen LogP contribution in [0, 0.1) is 0 Å². The number of methoxy groups -OCH3 is 2. The molecule has 1 aliphatic carbocycles. The number of hydrogen-bond acceptors (Lipinski definition) is 8. The first-order valence-electron chi connectivity index (χ1n) is 11.6. The molecule has 2 fully saturated rings. The molecule has 0 spiro atoms. The summed E-state index contributed by atoms with van der Waals surface area (Å²) in [6.07, 6.45) is 7.10. The Balaban J connectivity index is 1.77. The molecule has 0 N–H and O–H groups in total. The number of hydrogen-bond donors (Lipinski definition) is 0. The summed E-state index contributed by atoms with van der Waals surface area (Å²) in [4.78, 5) is 26.4. The minimum Gasteiger partial charge on any atom is -0.497 e. The largest absolute Gasteiger partial charge is 0.497 e. The lowest BCUT2D eigenvalue weighted by Gasteiger charge is -2.19. The molecule has 2 heterocycles. The Hall–Kier alpha value is -2.68. The number of carbonyl (C=O) groups is 2. The van der Waals surface area contributed by atoms with Crippen molar-refractivity contribution in [2.75, 3.05) is 21.0 Å². The van der Waals surface area contributed by atoms with Gasteiger partial charge in [0.05, 0.1) is 13.2 Å². The highest BCUT2D eigenvalue weighted by Gasteiger charge is 2.44. The Kier molecular flexibility index (Phi) is 7.40. The molecule has 34 heavy (non-hydrogen) atoms. The zero-order chi connectivity index (χ0) is 24.3. The van der Waals surface area contributed by atoms with E-state index in [-0.39, 0.29) is 25.1 Å². The van der Waals surface area contributed by atoms with E-state index in [0.29, 0.717) is 35.5 Å². The van der Waals surface area contributed by atoms with Crippen LogP contribution < -0.4 is 9.47 Å². The van der Waals surface area contributed by atoms with Crippen molar-refractivity contribution in [2.45, 2.75) is 70.1 Å². The summed E-state index contributed by atoms with van der Waals surface area (Å²) >= 11 is 0. The minimum atomic E-state index is -0.850. The fourth-order valence-corrected chi connectivity index (χ4v) is 4.67. The normalized spacial score (nSPS) is 26.6. The molecule has 0 unspecified atom stereocenters. The molecule has 1 aromatic carbocycles. The van der Waals surface area contributed by atoms with Gasteiger partial charge < -0.3 is 28.4 Å². The fraction of sp³-hybridized carbons (Fsp3) is 0.538. The van der Waals surface area contributed by atoms with Gasteiger partial charge in [-0.2, -0.15) is 0 Å². The van der Waals surface area contributed by atoms with E-state index in [1.807, 2.05) is 26.0 Å². The van der Waals surface area contributed by atoms with E-state index in [0.717, 1.165) is 18.4 Å². The van der Waals surface area contributed by atoms with E-state index in [2.05, 4.69) is 0 Å². The minimum absolute atomic E-state index is 0.0304. The van der Waals surface area contributed by atoms with Gasteiger partial charge in [0.1, 0.15) is 29.3 Å². The number of rotatable bonds is 4. The van der Waals surface area contributed by atoms with Crippen LogP contribution in [0.15, 0.2) is 29.9 Å². The molecule has 2 aliphatic heterocycles. The highest BCUT2D eigenvalue weighted by Crippen LogP contribution is 2.36. The van der Waals surface area contributed by atoms with Gasteiger partial charge in [0.25, 0.3) is 0 Å². The maximum atomic E-state index is 13.4. The monoisotopic (exact) mass is 472 g/mol. The molecule has 0 radical (unpaired) electrons. The molecule has 3 atom stereocenters. The van der Waals surface area contributed by atoms with Gasteiger partial charge in [0, 0.05) is 19.6 Å². The standard InChI is InChI=1S/C26H32O8/c1-26(2)33-21-10-6-8-17-13-18(30-4)14-22(31-15-29-3)23(17)25(28)32-20-9-5-7-16(20)11-12-19(27)24(21)34-26/h6,8,11,13-14,20-21,24H,5,7,9-10,12,15H2,1-4H3/t20-,21+,24-/m1/s1. The summed E-state index contributed by atoms with van der Waals surface area (Å²) < 4.78 is 34.1. The van der Waals surface area contributed by atoms with Crippen molar-refractivity contribution in [1.29, 1.82) is 0 Å². The van der Waals surface area contributed by atoms with Crippen LogP contribution in [-0.4, -0.2) is 56.9 Å². The maximum absolute atomic E-state index is 13.4. The van der Waals surface area contributed by atoms with Gasteiger partial charge in [-0.15, -0.1) is 0 Å². The Bertz CT molecular complexity index is 993. The highest BCUT2D eigenvalue weighted by atomic mass is 16.8. The first kappa shape index (κ1) is 24.4. The summed E-state index contributed by atoms with van der Waals surface area (Å²) in [5.74, 6) is -0.538. The third-order valence-corrected chi connectivity index (χ3v) is 6.21. The molecule has 0 aromatic heterocycles. The van der Waals surface area contributed by atoms with Crippen molar-refractivity contribution < 1.29 is 38.0 Å². The van der Waals surface area contributed by atoms with Gasteiger partial charge in [-0.25, -0.2) is 4.79 Å². The Morgan fingerprint density at radius 1 is 1.15 bits per heavy atom. The first-order chi connectivity index (χ1) is 16.3. The van der Waals surface area contributed by atoms with Crippen LogP contribution in [0.4, 0.5) is 0 Å². The predicted molar refractivity (Wildman–Crippen MR) is 124 cm³/mol. The summed E-state index contributed by atoms with van der Waals surface area (Å²) in [6, 6.07) is 3.40. The van der Waals surface area contributed by atoms with Gasteiger partial charge >= 0.3 is 5.97 Å². The second kappa shape index (κ2) is 10.3. The van der Waals surface area contributed by atoms with Crippen LogP contribution in [0.25, 0.3) is 6.08 Å². The zero-order valence-corrected chi connectivity index (χ0v) is 20.1. The van der Waals surface area contributed by atoms with Gasteiger partial charge in [-0.05, 0) is 56.7 Å². The van der Waals surface area contributed by atoms with Crippen LogP contribution in [0.2, 0.25) is 0 Å². The van der Waals surface area contributed by atoms with Crippen LogP contribution in [0.3, 0.4) is 0 Å². The third-order valence-electron chi connectivity index (χ3n) is 6.21. The number of esters is 1. The zero-order valence-electron chi connectivity index (χ0n) is 20.1. The average Bonchev–Trinajstić information content (AvgIpc) is 3.37. The number of Topliss-reactive ketones (excluding diaryl/α,β-unsaturated/α-hetero) is 1.